The monoisotopic (exact) mass is 273 g/mol. The number of nitrogens with one attached hydrogen (secondary N) is 1. The van der Waals surface area contributed by atoms with E-state index in [0.29, 0.717) is 11.7 Å². The maximum atomic E-state index is 13.7. The molecule has 0 aromatic carbocycles. The van der Waals surface area contributed by atoms with Gasteiger partial charge in [-0.15, -0.1) is 0 Å². The van der Waals surface area contributed by atoms with Gasteiger partial charge in [0.2, 0.25) is 0 Å². The van der Waals surface area contributed by atoms with Crippen LogP contribution in [0.5, 0.6) is 0 Å². The number of aliphatic imine (C=N–C) groups is 1. The zero-order chi connectivity index (χ0) is 14.6. The number of rotatable bonds is 1. The summed E-state index contributed by atoms with van der Waals surface area (Å²) in [5, 5.41) is 2.83. The molecule has 2 atom stereocenters. The molecule has 2 heterocycles. The Hall–Kier alpha value is -1.43. The van der Waals surface area contributed by atoms with Gasteiger partial charge in [-0.2, -0.15) is 0 Å². The predicted molar refractivity (Wildman–Crippen MR) is 71.9 cm³/mol. The van der Waals surface area contributed by atoms with E-state index >= 15 is 0 Å². The minimum Gasteiger partial charge on any atom is -0.349 e. The van der Waals surface area contributed by atoms with E-state index in [-0.39, 0.29) is 6.42 Å². The van der Waals surface area contributed by atoms with E-state index < -0.39 is 18.3 Å². The number of amidine groups is 1. The lowest BCUT2D eigenvalue weighted by Gasteiger charge is -2.34. The van der Waals surface area contributed by atoms with Crippen molar-refractivity contribution in [1.29, 1.82) is 0 Å². The Morgan fingerprint density at radius 1 is 1.53 bits per heavy atom. The fourth-order valence-electron chi connectivity index (χ4n) is 1.97. The van der Waals surface area contributed by atoms with Gasteiger partial charge in [0.25, 0.3) is 5.92 Å². The lowest BCUT2D eigenvalue weighted by atomic mass is 10.2. The van der Waals surface area contributed by atoms with E-state index in [1.807, 2.05) is 13.8 Å². The van der Waals surface area contributed by atoms with Crippen molar-refractivity contribution >= 4 is 5.84 Å². The van der Waals surface area contributed by atoms with Crippen LogP contribution in [-0.2, 0) is 4.74 Å². The fourth-order valence-corrected chi connectivity index (χ4v) is 1.97. The summed E-state index contributed by atoms with van der Waals surface area (Å²) in [5.41, 5.74) is 0. The third kappa shape index (κ3) is 3.32. The summed E-state index contributed by atoms with van der Waals surface area (Å²) < 4.78 is 32.6. The highest BCUT2D eigenvalue weighted by atomic mass is 19.3. The summed E-state index contributed by atoms with van der Waals surface area (Å²) in [5.74, 6) is -1.96. The van der Waals surface area contributed by atoms with Crippen LogP contribution in [0, 0.1) is 0 Å². The molecule has 0 aliphatic carbocycles. The first kappa shape index (κ1) is 15.6. The van der Waals surface area contributed by atoms with E-state index in [1.165, 1.54) is 11.1 Å². The van der Waals surface area contributed by atoms with Crippen LogP contribution in [0.25, 0.3) is 0 Å². The number of halogens is 2. The summed E-state index contributed by atoms with van der Waals surface area (Å²) in [6.07, 6.45) is 1.09. The molecule has 0 bridgehead atoms. The standard InChI is InChI=1S/C11H15F2N3O.C2H6/c1-7-6-11(12,13)10(17-7)16-5-4-9(14-3)15-8(16)2;1-2/h4-5,7,10H,2,6H2,1,3H3,(H,14,15);1-2H3/t7-,10?;/m1./s1. The molecule has 2 aliphatic rings. The molecule has 0 aromatic rings. The molecule has 1 fully saturated rings. The van der Waals surface area contributed by atoms with Crippen molar-refractivity contribution < 1.29 is 13.5 Å². The third-order valence-corrected chi connectivity index (χ3v) is 2.75. The van der Waals surface area contributed by atoms with Gasteiger partial charge in [-0.25, -0.2) is 8.78 Å². The average Bonchev–Trinajstić information content (AvgIpc) is 2.64. The Kier molecular flexibility index (Phi) is 5.05. The van der Waals surface area contributed by atoms with Gasteiger partial charge in [0.05, 0.1) is 6.10 Å². The quantitative estimate of drug-likeness (QED) is 0.798. The van der Waals surface area contributed by atoms with E-state index in [0.717, 1.165) is 0 Å². The van der Waals surface area contributed by atoms with E-state index in [9.17, 15) is 8.78 Å². The van der Waals surface area contributed by atoms with Crippen LogP contribution in [0.2, 0.25) is 0 Å². The highest BCUT2D eigenvalue weighted by Crippen LogP contribution is 2.38. The zero-order valence-corrected chi connectivity index (χ0v) is 11.8. The predicted octanol–water partition coefficient (Wildman–Crippen LogP) is 2.70. The van der Waals surface area contributed by atoms with Gasteiger partial charge >= 0.3 is 0 Å². The molecular formula is C13H21F2N3O. The molecule has 19 heavy (non-hydrogen) atoms. The zero-order valence-electron chi connectivity index (χ0n) is 11.8. The van der Waals surface area contributed by atoms with Gasteiger partial charge in [0.15, 0.2) is 6.23 Å². The van der Waals surface area contributed by atoms with Crippen molar-refractivity contribution in [3.8, 4) is 0 Å². The third-order valence-electron chi connectivity index (χ3n) is 2.75. The number of nitrogens with zero attached hydrogens (tertiary/aromatic N) is 2. The smallest absolute Gasteiger partial charge is 0.294 e. The van der Waals surface area contributed by atoms with Crippen molar-refractivity contribution in [2.45, 2.75) is 45.4 Å². The molecule has 1 N–H and O–H groups in total. The van der Waals surface area contributed by atoms with Crippen LogP contribution in [0.3, 0.4) is 0 Å². The Morgan fingerprint density at radius 3 is 2.58 bits per heavy atom. The van der Waals surface area contributed by atoms with Crippen molar-refractivity contribution in [2.75, 3.05) is 7.05 Å². The maximum Gasteiger partial charge on any atom is 0.294 e. The van der Waals surface area contributed by atoms with Crippen molar-refractivity contribution in [1.82, 2.24) is 10.2 Å². The van der Waals surface area contributed by atoms with Crippen LogP contribution in [0.1, 0.15) is 27.2 Å². The van der Waals surface area contributed by atoms with Gasteiger partial charge in [0.1, 0.15) is 11.7 Å². The molecule has 6 heteroatoms. The molecule has 1 unspecified atom stereocenters. The van der Waals surface area contributed by atoms with Crippen molar-refractivity contribution in [3.05, 3.63) is 24.7 Å². The first-order valence-electron chi connectivity index (χ1n) is 6.36. The Bertz CT molecular complexity index is 393. The molecule has 0 spiro atoms. The van der Waals surface area contributed by atoms with Crippen LogP contribution >= 0.6 is 0 Å². The molecule has 2 aliphatic heterocycles. The van der Waals surface area contributed by atoms with Gasteiger partial charge < -0.3 is 15.0 Å². The molecular weight excluding hydrogens is 252 g/mol. The molecule has 1 saturated heterocycles. The number of hydrogen-bond donors (Lipinski definition) is 1. The first-order chi connectivity index (χ1) is 8.94. The molecule has 4 nitrogen and oxygen atoms in total. The largest absolute Gasteiger partial charge is 0.349 e. The molecule has 0 amide bonds. The van der Waals surface area contributed by atoms with Gasteiger partial charge in [-0.05, 0) is 13.0 Å². The maximum absolute atomic E-state index is 13.7. The Labute approximate surface area is 112 Å². The van der Waals surface area contributed by atoms with Crippen LogP contribution in [0.4, 0.5) is 8.78 Å². The fraction of sp³-hybridized carbons (Fsp3) is 0.615. The Balaban J connectivity index is 0.000000861. The van der Waals surface area contributed by atoms with E-state index in [2.05, 4.69) is 16.9 Å². The summed E-state index contributed by atoms with van der Waals surface area (Å²) in [4.78, 5) is 5.22. The normalized spacial score (nSPS) is 30.9. The van der Waals surface area contributed by atoms with Crippen molar-refractivity contribution in [2.24, 2.45) is 4.99 Å². The second kappa shape index (κ2) is 6.14. The average molecular weight is 273 g/mol. The van der Waals surface area contributed by atoms with Gasteiger partial charge in [0, 0.05) is 19.7 Å². The highest BCUT2D eigenvalue weighted by molar-refractivity contribution is 5.94. The lowest BCUT2D eigenvalue weighted by molar-refractivity contribution is -0.127. The minimum atomic E-state index is -2.88. The Morgan fingerprint density at radius 2 is 2.16 bits per heavy atom. The molecule has 2 rings (SSSR count). The van der Waals surface area contributed by atoms with Crippen LogP contribution in [0.15, 0.2) is 29.7 Å². The number of hydrogen-bond acceptors (Lipinski definition) is 3. The lowest BCUT2D eigenvalue weighted by Crippen LogP contribution is -2.47. The second-order valence-electron chi connectivity index (χ2n) is 4.17. The minimum absolute atomic E-state index is 0.274. The van der Waals surface area contributed by atoms with Crippen LogP contribution < -0.4 is 5.32 Å². The molecule has 0 radical (unpaired) electrons. The van der Waals surface area contributed by atoms with E-state index in [1.54, 1.807) is 20.0 Å². The first-order valence-corrected chi connectivity index (χ1v) is 6.36. The summed E-state index contributed by atoms with van der Waals surface area (Å²) in [6.45, 7) is 9.33. The topological polar surface area (TPSA) is 36.9 Å². The van der Waals surface area contributed by atoms with Gasteiger partial charge in [-0.1, -0.05) is 20.4 Å². The summed E-state index contributed by atoms with van der Waals surface area (Å²) in [7, 11) is 1.61. The van der Waals surface area contributed by atoms with Crippen molar-refractivity contribution in [3.63, 3.8) is 0 Å². The second-order valence-corrected chi connectivity index (χ2v) is 4.17. The summed E-state index contributed by atoms with van der Waals surface area (Å²) >= 11 is 0. The molecule has 0 saturated carbocycles. The van der Waals surface area contributed by atoms with Gasteiger partial charge in [-0.3, -0.25) is 4.99 Å². The van der Waals surface area contributed by atoms with Crippen LogP contribution in [-0.4, -0.2) is 36.0 Å². The summed E-state index contributed by atoms with van der Waals surface area (Å²) in [6, 6.07) is 0. The van der Waals surface area contributed by atoms with E-state index in [4.69, 9.17) is 4.74 Å². The number of ether oxygens (including phenoxy) is 1. The number of alkyl halides is 2. The molecule has 0 aromatic heterocycles. The molecule has 108 valence electrons. The SMILES string of the molecule is C=C1NC(=NC)C=CN1C1O[C@H](C)CC1(F)F.CC. The highest BCUT2D eigenvalue weighted by Gasteiger charge is 2.52.